The molecule has 0 bridgehead atoms. The molecule has 0 amide bonds. The van der Waals surface area contributed by atoms with Gasteiger partial charge in [-0.1, -0.05) is 48.5 Å². The molecule has 4 heterocycles. The molecule has 5 aromatic carbocycles. The molecule has 0 atom stereocenters. The summed E-state index contributed by atoms with van der Waals surface area (Å²) in [6, 6.07) is 28.8. The van der Waals surface area contributed by atoms with Crippen LogP contribution in [0.25, 0.3) is 76.2 Å². The van der Waals surface area contributed by atoms with Crippen molar-refractivity contribution in [3.8, 4) is 0 Å². The summed E-state index contributed by atoms with van der Waals surface area (Å²) >= 11 is 0. The highest BCUT2D eigenvalue weighted by Gasteiger charge is 2.27. The van der Waals surface area contributed by atoms with Crippen LogP contribution in [0.1, 0.15) is 0 Å². The van der Waals surface area contributed by atoms with Crippen molar-refractivity contribution >= 4 is 76.2 Å². The molecule has 0 N–H and O–H groups in total. The lowest BCUT2D eigenvalue weighted by atomic mass is 9.93. The van der Waals surface area contributed by atoms with E-state index < -0.39 is 0 Å². The van der Waals surface area contributed by atoms with Gasteiger partial charge in [-0.2, -0.15) is 0 Å². The molecule has 4 aromatic heterocycles. The molecule has 186 valence electrons. The normalized spacial score (nSPS) is 12.4. The van der Waals surface area contributed by atoms with E-state index in [0.717, 1.165) is 0 Å². The van der Waals surface area contributed by atoms with Crippen LogP contribution in [0, 0.1) is 0 Å². The molecule has 0 aliphatic heterocycles. The minimum absolute atomic E-state index is 0.159. The Hall–Kier alpha value is -5.62. The second-order valence-corrected chi connectivity index (χ2v) is 10.3. The molecule has 0 radical (unpaired) electrons. The van der Waals surface area contributed by atoms with E-state index in [1.54, 1.807) is 48.5 Å². The highest BCUT2D eigenvalue weighted by molar-refractivity contribution is 6.29. The van der Waals surface area contributed by atoms with Crippen LogP contribution in [0.4, 0.5) is 0 Å². The average molecular weight is 517 g/mol. The lowest BCUT2D eigenvalue weighted by Gasteiger charge is -2.20. The van der Waals surface area contributed by atoms with Gasteiger partial charge in [0.2, 0.25) is 0 Å². The second-order valence-electron chi connectivity index (χ2n) is 10.3. The van der Waals surface area contributed by atoms with Gasteiger partial charge in [-0.3, -0.25) is 19.2 Å². The van der Waals surface area contributed by atoms with Crippen molar-refractivity contribution in [2.45, 2.75) is 0 Å². The first-order valence-corrected chi connectivity index (χ1v) is 13.0. The Morgan fingerprint density at radius 2 is 0.550 bits per heavy atom. The molecule has 40 heavy (non-hydrogen) atoms. The summed E-state index contributed by atoms with van der Waals surface area (Å²) in [7, 11) is 0. The van der Waals surface area contributed by atoms with Gasteiger partial charge in [0.15, 0.2) is 21.7 Å². The van der Waals surface area contributed by atoms with Gasteiger partial charge in [0.25, 0.3) is 0 Å². The number of pyridine rings is 4. The van der Waals surface area contributed by atoms with Crippen molar-refractivity contribution in [3.63, 3.8) is 0 Å². The van der Waals surface area contributed by atoms with Gasteiger partial charge in [0, 0.05) is 21.5 Å². The number of hydrogen-bond donors (Lipinski definition) is 0. The minimum atomic E-state index is -0.341. The largest absolute Gasteiger partial charge is 0.307 e. The molecule has 0 fully saturated rings. The smallest absolute Gasteiger partial charge is 0.198 e. The van der Waals surface area contributed by atoms with Gasteiger partial charge in [0.05, 0.1) is 54.6 Å². The molecule has 0 unspecified atom stereocenters. The van der Waals surface area contributed by atoms with Gasteiger partial charge >= 0.3 is 0 Å². The number of fused-ring (bicyclic) bond motifs is 10. The maximum Gasteiger partial charge on any atom is 0.198 e. The first-order chi connectivity index (χ1) is 19.6. The topological polar surface area (TPSA) is 77.1 Å². The Morgan fingerprint density at radius 1 is 0.325 bits per heavy atom. The van der Waals surface area contributed by atoms with E-state index in [0.29, 0.717) is 54.6 Å². The molecule has 0 spiro atoms. The fourth-order valence-corrected chi connectivity index (χ4v) is 6.78. The number of nitrogens with zero attached hydrogens (tertiary/aromatic N) is 2. The van der Waals surface area contributed by atoms with Crippen LogP contribution in [0.2, 0.25) is 0 Å². The van der Waals surface area contributed by atoms with Crippen LogP contribution in [-0.4, -0.2) is 8.80 Å². The van der Waals surface area contributed by atoms with Crippen LogP contribution in [0.5, 0.6) is 0 Å². The van der Waals surface area contributed by atoms with Crippen LogP contribution >= 0.6 is 0 Å². The third-order valence-corrected chi connectivity index (χ3v) is 8.36. The van der Waals surface area contributed by atoms with Gasteiger partial charge < -0.3 is 8.80 Å². The van der Waals surface area contributed by atoms with Crippen molar-refractivity contribution in [2.24, 2.45) is 0 Å². The predicted octanol–water partition coefficient (Wildman–Crippen LogP) is 5.43. The Kier molecular flexibility index (Phi) is 3.77. The minimum Gasteiger partial charge on any atom is -0.307 e. The zero-order valence-corrected chi connectivity index (χ0v) is 20.8. The first-order valence-electron chi connectivity index (χ1n) is 13.0. The first kappa shape index (κ1) is 21.3. The van der Waals surface area contributed by atoms with Gasteiger partial charge in [-0.15, -0.1) is 0 Å². The maximum absolute atomic E-state index is 14.4. The third kappa shape index (κ3) is 2.28. The summed E-state index contributed by atoms with van der Waals surface area (Å²) in [6.45, 7) is 0. The molecule has 0 aliphatic rings. The van der Waals surface area contributed by atoms with E-state index in [9.17, 15) is 19.2 Å². The molecule has 9 rings (SSSR count). The molecule has 0 saturated carbocycles. The van der Waals surface area contributed by atoms with Crippen molar-refractivity contribution in [1.29, 1.82) is 0 Å². The molecule has 0 aliphatic carbocycles. The van der Waals surface area contributed by atoms with Crippen LogP contribution < -0.4 is 21.7 Å². The van der Waals surface area contributed by atoms with Crippen LogP contribution in [0.15, 0.2) is 116 Å². The van der Waals surface area contributed by atoms with E-state index in [1.807, 2.05) is 57.3 Å². The number of rotatable bonds is 0. The number of para-hydroxylation sites is 4. The summed E-state index contributed by atoms with van der Waals surface area (Å²) in [6.07, 6.45) is 0. The van der Waals surface area contributed by atoms with E-state index in [-0.39, 0.29) is 43.3 Å². The number of aromatic nitrogens is 2. The second kappa shape index (κ2) is 7.07. The van der Waals surface area contributed by atoms with Crippen molar-refractivity contribution in [1.82, 2.24) is 8.80 Å². The van der Waals surface area contributed by atoms with E-state index in [2.05, 4.69) is 0 Å². The molecule has 9 aromatic rings. The van der Waals surface area contributed by atoms with E-state index in [1.165, 1.54) is 0 Å². The zero-order valence-electron chi connectivity index (χ0n) is 20.8. The van der Waals surface area contributed by atoms with Gasteiger partial charge in [0.1, 0.15) is 0 Å². The summed E-state index contributed by atoms with van der Waals surface area (Å²) in [5.74, 6) is 0. The lowest BCUT2D eigenvalue weighted by Crippen LogP contribution is -2.22. The SMILES string of the molecule is O=c1c2ccccc2n2c3ccccc3c(=O)c3c4c(=O)c5ccccc5n5c6ccccc6c(=O)c(c1c32)c45. The summed E-state index contributed by atoms with van der Waals surface area (Å²) in [4.78, 5) is 57.4. The quantitative estimate of drug-likeness (QED) is 0.199. The van der Waals surface area contributed by atoms with Crippen molar-refractivity contribution < 1.29 is 0 Å². The Labute approximate surface area is 222 Å². The highest BCUT2D eigenvalue weighted by atomic mass is 16.1. The standard InChI is InChI=1S/C34H16N2O4/c37-31-17-9-1-5-13-21(17)35-22-14-6-2-10-18(22)33(39)27-28-30-26(25(31)29(27)35)32(38)19-11-3-7-15-23(19)36(30)24-16-8-4-12-20(24)34(28)40/h1-16H. The van der Waals surface area contributed by atoms with Crippen molar-refractivity contribution in [2.75, 3.05) is 0 Å². The van der Waals surface area contributed by atoms with Crippen LogP contribution in [-0.2, 0) is 0 Å². The fourth-order valence-electron chi connectivity index (χ4n) is 6.78. The molecule has 6 heteroatoms. The Balaban J connectivity index is 1.87. The molecular formula is C34H16N2O4. The summed E-state index contributed by atoms with van der Waals surface area (Å²) in [5, 5.41) is 2.37. The highest BCUT2D eigenvalue weighted by Crippen LogP contribution is 2.36. The monoisotopic (exact) mass is 516 g/mol. The molecule has 6 nitrogen and oxygen atoms in total. The van der Waals surface area contributed by atoms with Crippen LogP contribution in [0.3, 0.4) is 0 Å². The summed E-state index contributed by atoms with van der Waals surface area (Å²) in [5.41, 5.74) is 1.69. The summed E-state index contributed by atoms with van der Waals surface area (Å²) < 4.78 is 3.75. The third-order valence-electron chi connectivity index (χ3n) is 8.36. The predicted molar refractivity (Wildman–Crippen MR) is 161 cm³/mol. The lowest BCUT2D eigenvalue weighted by molar-refractivity contribution is 1.29. The number of benzene rings is 5. The maximum atomic E-state index is 14.4. The molecule has 0 saturated heterocycles. The zero-order chi connectivity index (χ0) is 26.9. The van der Waals surface area contributed by atoms with Gasteiger partial charge in [-0.05, 0) is 48.5 Å². The fraction of sp³-hybridized carbons (Fsp3) is 0. The van der Waals surface area contributed by atoms with E-state index >= 15 is 0 Å². The Bertz CT molecular complexity index is 2460. The Morgan fingerprint density at radius 3 is 0.800 bits per heavy atom. The number of hydrogen-bond acceptors (Lipinski definition) is 4. The molecular weight excluding hydrogens is 500 g/mol. The van der Waals surface area contributed by atoms with E-state index in [4.69, 9.17) is 0 Å². The van der Waals surface area contributed by atoms with Crippen molar-refractivity contribution in [3.05, 3.63) is 138 Å². The van der Waals surface area contributed by atoms with Gasteiger partial charge in [-0.25, -0.2) is 0 Å². The average Bonchev–Trinajstić information content (AvgIpc) is 3.00.